The molecule has 0 unspecified atom stereocenters. The Morgan fingerprint density at radius 2 is 1.11 bits per heavy atom. The first-order valence-corrected chi connectivity index (χ1v) is 20.1. The van der Waals surface area contributed by atoms with Gasteiger partial charge in [-0.3, -0.25) is 0 Å². The third-order valence-corrected chi connectivity index (χ3v) is 25.5. The van der Waals surface area contributed by atoms with E-state index >= 15 is 0 Å². The number of nitrogens with zero attached hydrogens (tertiary/aromatic N) is 2. The third kappa shape index (κ3) is 4.94. The van der Waals surface area contributed by atoms with Gasteiger partial charge in [-0.1, -0.05) is 0 Å². The van der Waals surface area contributed by atoms with Crippen molar-refractivity contribution in [3.8, 4) is 0 Å². The molecule has 2 aromatic rings. The van der Waals surface area contributed by atoms with Crippen molar-refractivity contribution in [3.63, 3.8) is 0 Å². The molecule has 4 rings (SSSR count). The van der Waals surface area contributed by atoms with Gasteiger partial charge in [-0.05, 0) is 0 Å². The number of rotatable bonds is 6. The number of benzene rings is 2. The predicted molar refractivity (Wildman–Crippen MR) is 167 cm³/mol. The Bertz CT molecular complexity index is 1110. The van der Waals surface area contributed by atoms with Gasteiger partial charge in [-0.2, -0.15) is 0 Å². The summed E-state index contributed by atoms with van der Waals surface area (Å²) in [5.41, 5.74) is 6.49. The molecule has 0 amide bonds. The molecular formula is C33H49BN2Sn. The van der Waals surface area contributed by atoms with Gasteiger partial charge in [0.2, 0.25) is 0 Å². The maximum absolute atomic E-state index is 3.77. The molecule has 2 aliphatic rings. The van der Waals surface area contributed by atoms with E-state index in [-0.39, 0.29) is 11.1 Å². The Kier molecular flexibility index (Phi) is 8.58. The van der Waals surface area contributed by atoms with Crippen molar-refractivity contribution < 1.29 is 0 Å². The van der Waals surface area contributed by atoms with Crippen LogP contribution in [0.4, 0.5) is 0 Å². The van der Waals surface area contributed by atoms with E-state index in [1.807, 2.05) is 0 Å². The van der Waals surface area contributed by atoms with Crippen LogP contribution in [0.25, 0.3) is 7.18 Å². The molecule has 0 aromatic heterocycles. The average Bonchev–Trinajstić information content (AvgIpc) is 3.14. The Morgan fingerprint density at radius 1 is 0.676 bits per heavy atom. The molecule has 0 atom stereocenters. The molecule has 37 heavy (non-hydrogen) atoms. The Morgan fingerprint density at radius 3 is 1.49 bits per heavy atom. The van der Waals surface area contributed by atoms with Gasteiger partial charge < -0.3 is 0 Å². The monoisotopic (exact) mass is 604 g/mol. The molecule has 0 saturated carbocycles. The molecule has 0 bridgehead atoms. The second-order valence-electron chi connectivity index (χ2n) is 12.9. The summed E-state index contributed by atoms with van der Waals surface area (Å²) in [4.78, 5) is 0. The Balaban J connectivity index is 2.27. The van der Waals surface area contributed by atoms with Crippen molar-refractivity contribution >= 4 is 32.8 Å². The van der Waals surface area contributed by atoms with Crippen LogP contribution in [0.5, 0.6) is 0 Å². The maximum atomic E-state index is 3.08. The van der Waals surface area contributed by atoms with Gasteiger partial charge >= 0.3 is 234 Å². The van der Waals surface area contributed by atoms with Crippen LogP contribution in [0.3, 0.4) is 0 Å². The van der Waals surface area contributed by atoms with Gasteiger partial charge in [0, 0.05) is 0 Å². The van der Waals surface area contributed by atoms with Crippen LogP contribution in [0.1, 0.15) is 86.3 Å². The summed E-state index contributed by atoms with van der Waals surface area (Å²) in [7, 11) is 0. The number of hydrogen-bond acceptors (Lipinski definition) is 2. The molecule has 0 aliphatic carbocycles. The topological polar surface area (TPSA) is 6.48 Å². The molecule has 4 heteroatoms. The number of hydrogen-bond donors (Lipinski definition) is 0. The second kappa shape index (κ2) is 11.1. The van der Waals surface area contributed by atoms with E-state index in [0.29, 0.717) is 6.71 Å². The molecule has 1 saturated heterocycles. The van der Waals surface area contributed by atoms with Crippen LogP contribution < -0.4 is 0 Å². The predicted octanol–water partition coefficient (Wildman–Crippen LogP) is 8.52. The fourth-order valence-electron chi connectivity index (χ4n) is 7.30. The fraction of sp³-hybridized carbons (Fsp3) is 0.515. The molecule has 2 aliphatic heterocycles. The summed E-state index contributed by atoms with van der Waals surface area (Å²) < 4.78 is 9.64. The summed E-state index contributed by atoms with van der Waals surface area (Å²) in [6, 6.07) is 23.1. The molecule has 2 heterocycles. The van der Waals surface area contributed by atoms with E-state index in [1.165, 1.54) is 43.3 Å². The Labute approximate surface area is 232 Å². The van der Waals surface area contributed by atoms with E-state index in [9.17, 15) is 0 Å². The Hall–Kier alpha value is -1.30. The molecule has 1 fully saturated rings. The molecular weight excluding hydrogens is 554 g/mol. The molecule has 1 spiro atoms. The van der Waals surface area contributed by atoms with Crippen molar-refractivity contribution in [3.05, 3.63) is 82.8 Å². The van der Waals surface area contributed by atoms with Crippen LogP contribution in [0, 0.1) is 0 Å². The van der Waals surface area contributed by atoms with Crippen molar-refractivity contribution in [1.82, 2.24) is 6.24 Å². The van der Waals surface area contributed by atoms with Crippen LogP contribution in [-0.4, -0.2) is 56.0 Å². The first-order chi connectivity index (χ1) is 17.5. The van der Waals surface area contributed by atoms with Gasteiger partial charge in [0.05, 0.1) is 0 Å². The quantitative estimate of drug-likeness (QED) is 0.306. The van der Waals surface area contributed by atoms with Gasteiger partial charge in [0.15, 0.2) is 0 Å². The van der Waals surface area contributed by atoms with Crippen molar-refractivity contribution in [2.24, 2.45) is 0 Å². The minimum absolute atomic E-state index is 0.0856. The summed E-state index contributed by atoms with van der Waals surface area (Å²) in [6.07, 6.45) is 4.72. The summed E-state index contributed by atoms with van der Waals surface area (Å²) >= 11 is -3.77. The summed E-state index contributed by atoms with van der Waals surface area (Å²) in [6.45, 7) is 25.0. The van der Waals surface area contributed by atoms with Crippen LogP contribution in [0.15, 0.2) is 71.7 Å². The van der Waals surface area contributed by atoms with Crippen molar-refractivity contribution in [2.75, 3.05) is 13.1 Å². The van der Waals surface area contributed by atoms with E-state index in [0.717, 1.165) is 6.42 Å². The van der Waals surface area contributed by atoms with Crippen LogP contribution in [-0.2, 0) is 0 Å². The average molecular weight is 603 g/mol. The van der Waals surface area contributed by atoms with Crippen LogP contribution >= 0.6 is 0 Å². The minimum atomic E-state index is -3.77. The molecule has 2 nitrogen and oxygen atoms in total. The van der Waals surface area contributed by atoms with Crippen molar-refractivity contribution in [2.45, 2.75) is 98.9 Å². The first-order valence-electron chi connectivity index (χ1n) is 14.7. The van der Waals surface area contributed by atoms with Crippen LogP contribution in [0.2, 0.25) is 12.6 Å². The van der Waals surface area contributed by atoms with E-state index < -0.39 is 18.9 Å². The fourth-order valence-corrected chi connectivity index (χ4v) is 27.6. The van der Waals surface area contributed by atoms with Gasteiger partial charge in [0.25, 0.3) is 0 Å². The summed E-state index contributed by atoms with van der Waals surface area (Å²) in [5, 5.41) is 0. The van der Waals surface area contributed by atoms with E-state index in [4.69, 9.17) is 0 Å². The number of allylic oxidation sites excluding steroid dienone is 2. The zero-order valence-electron chi connectivity index (χ0n) is 25.0. The van der Waals surface area contributed by atoms with Crippen molar-refractivity contribution in [1.29, 1.82) is 0 Å². The zero-order chi connectivity index (χ0) is 27.0. The van der Waals surface area contributed by atoms with E-state index in [1.54, 1.807) is 18.2 Å². The summed E-state index contributed by atoms with van der Waals surface area (Å²) in [5.74, 6) is 0. The normalized spacial score (nSPS) is 19.3. The van der Waals surface area contributed by atoms with Gasteiger partial charge in [-0.15, -0.1) is 0 Å². The van der Waals surface area contributed by atoms with E-state index in [2.05, 4.69) is 129 Å². The molecule has 2 aromatic carbocycles. The third-order valence-electron chi connectivity index (χ3n) is 8.63. The van der Waals surface area contributed by atoms with Gasteiger partial charge in [0.1, 0.15) is 0 Å². The molecule has 198 valence electrons. The second-order valence-corrected chi connectivity index (χ2v) is 22.7. The standard InChI is InChI=1S/C22H25B.C11H24N2.Sn/c1-4-21(17-19-13-9-7-10-14-19)22(23(5-2)6-3)18-20-15-11-8-12-16-20;1-10(2,3)12-8-7-9-13-11(4,5)6;/h7-16H,4-6H2,1-3H3;7-9H2,1-6H3;/q;-2;+2. The van der Waals surface area contributed by atoms with Gasteiger partial charge in [-0.25, -0.2) is 0 Å². The molecule has 0 radical (unpaired) electrons. The zero-order valence-corrected chi connectivity index (χ0v) is 27.8. The SMILES string of the molecule is CCB(CC)C1=[C](c2ccccc2)[Sn]2([C](c3ccccc3)=C1CC)[N](C(C)(C)C)CCC[N]2C(C)(C)C. The first kappa shape index (κ1) is 28.7. The molecule has 0 N–H and O–H groups in total.